The summed E-state index contributed by atoms with van der Waals surface area (Å²) < 4.78 is 15.6. The maximum absolute atomic E-state index is 13.8. The van der Waals surface area contributed by atoms with Gasteiger partial charge in [-0.15, -0.1) is 10.2 Å². The Morgan fingerprint density at radius 3 is 2.53 bits per heavy atom. The number of nitrogens with zero attached hydrogens (tertiary/aromatic N) is 3. The third kappa shape index (κ3) is 4.53. The van der Waals surface area contributed by atoms with Crippen molar-refractivity contribution in [3.63, 3.8) is 0 Å². The van der Waals surface area contributed by atoms with Gasteiger partial charge in [0, 0.05) is 16.3 Å². The van der Waals surface area contributed by atoms with Gasteiger partial charge in [-0.3, -0.25) is 9.36 Å². The second-order valence-corrected chi connectivity index (χ2v) is 7.68. The topological polar surface area (TPSA) is 59.8 Å². The number of aromatic nitrogens is 3. The van der Waals surface area contributed by atoms with Crippen LogP contribution in [-0.4, -0.2) is 26.4 Å². The van der Waals surface area contributed by atoms with Crippen molar-refractivity contribution < 1.29 is 9.18 Å². The number of amides is 1. The number of para-hydroxylation sites is 2. The minimum Gasteiger partial charge on any atom is -0.323 e. The molecule has 30 heavy (non-hydrogen) atoms. The van der Waals surface area contributed by atoms with Crippen LogP contribution in [0.15, 0.2) is 84.0 Å². The molecular formula is C22H16ClFN4OS. The quantitative estimate of drug-likeness (QED) is 0.406. The molecule has 0 saturated carbocycles. The number of carbonyl (C=O) groups is 1. The standard InChI is InChI=1S/C22H16ClFN4OS/c23-16-8-6-7-15(13-16)21-26-27-22(28(21)17-9-2-1-3-10-17)30-14-20(29)25-19-12-5-4-11-18(19)24/h1-13H,14H2,(H,25,29). The van der Waals surface area contributed by atoms with Crippen LogP contribution in [0.2, 0.25) is 5.02 Å². The maximum Gasteiger partial charge on any atom is 0.234 e. The summed E-state index contributed by atoms with van der Waals surface area (Å²) in [6, 6.07) is 23.0. The van der Waals surface area contributed by atoms with Crippen LogP contribution < -0.4 is 5.32 Å². The predicted octanol–water partition coefficient (Wildman–Crippen LogP) is 5.46. The number of thioether (sulfide) groups is 1. The molecule has 1 amide bonds. The number of halogens is 2. The van der Waals surface area contributed by atoms with Crippen LogP contribution in [0.25, 0.3) is 17.1 Å². The molecule has 0 bridgehead atoms. The van der Waals surface area contributed by atoms with Crippen LogP contribution in [0.4, 0.5) is 10.1 Å². The largest absolute Gasteiger partial charge is 0.323 e. The highest BCUT2D eigenvalue weighted by molar-refractivity contribution is 7.99. The maximum atomic E-state index is 13.8. The van der Waals surface area contributed by atoms with Gasteiger partial charge in [0.1, 0.15) is 5.82 Å². The van der Waals surface area contributed by atoms with Crippen LogP contribution in [0, 0.1) is 5.82 Å². The summed E-state index contributed by atoms with van der Waals surface area (Å²) in [5.41, 5.74) is 1.81. The lowest BCUT2D eigenvalue weighted by molar-refractivity contribution is -0.113. The normalized spacial score (nSPS) is 10.7. The summed E-state index contributed by atoms with van der Waals surface area (Å²) in [6.07, 6.45) is 0. The van der Waals surface area contributed by atoms with Crippen molar-refractivity contribution in [2.45, 2.75) is 5.16 Å². The van der Waals surface area contributed by atoms with E-state index >= 15 is 0 Å². The van der Waals surface area contributed by atoms with Gasteiger partial charge in [-0.2, -0.15) is 0 Å². The van der Waals surface area contributed by atoms with E-state index < -0.39 is 5.82 Å². The van der Waals surface area contributed by atoms with Gasteiger partial charge in [-0.05, 0) is 36.4 Å². The molecule has 1 heterocycles. The molecule has 0 aliphatic heterocycles. The summed E-state index contributed by atoms with van der Waals surface area (Å²) in [4.78, 5) is 12.3. The van der Waals surface area contributed by atoms with Crippen LogP contribution in [0.3, 0.4) is 0 Å². The molecule has 3 aromatic carbocycles. The van der Waals surface area contributed by atoms with Crippen LogP contribution >= 0.6 is 23.4 Å². The highest BCUT2D eigenvalue weighted by Gasteiger charge is 2.18. The van der Waals surface area contributed by atoms with Gasteiger partial charge in [-0.25, -0.2) is 4.39 Å². The first-order chi connectivity index (χ1) is 14.6. The van der Waals surface area contributed by atoms with Crippen molar-refractivity contribution in [1.29, 1.82) is 0 Å². The second kappa shape index (κ2) is 9.11. The van der Waals surface area contributed by atoms with Crippen molar-refractivity contribution in [2.75, 3.05) is 11.1 Å². The summed E-state index contributed by atoms with van der Waals surface area (Å²) in [6.45, 7) is 0. The first-order valence-corrected chi connectivity index (χ1v) is 10.4. The first kappa shape index (κ1) is 20.1. The van der Waals surface area contributed by atoms with Gasteiger partial charge in [0.2, 0.25) is 5.91 Å². The third-order valence-corrected chi connectivity index (χ3v) is 5.37. The minimum atomic E-state index is -0.480. The number of anilines is 1. The SMILES string of the molecule is O=C(CSc1nnc(-c2cccc(Cl)c2)n1-c1ccccc1)Nc1ccccc1F. The van der Waals surface area contributed by atoms with Crippen molar-refractivity contribution >= 4 is 35.0 Å². The van der Waals surface area contributed by atoms with Gasteiger partial charge in [0.25, 0.3) is 0 Å². The average Bonchev–Trinajstić information content (AvgIpc) is 3.18. The zero-order valence-corrected chi connectivity index (χ0v) is 17.2. The Labute approximate surface area is 181 Å². The van der Waals surface area contributed by atoms with Gasteiger partial charge >= 0.3 is 0 Å². The Balaban J connectivity index is 1.60. The van der Waals surface area contributed by atoms with Gasteiger partial charge in [0.05, 0.1) is 11.4 Å². The first-order valence-electron chi connectivity index (χ1n) is 9.06. The van der Waals surface area contributed by atoms with E-state index in [0.29, 0.717) is 16.0 Å². The van der Waals surface area contributed by atoms with E-state index in [1.54, 1.807) is 18.2 Å². The van der Waals surface area contributed by atoms with Crippen molar-refractivity contribution in [1.82, 2.24) is 14.8 Å². The molecule has 0 aliphatic carbocycles. The highest BCUT2D eigenvalue weighted by atomic mass is 35.5. The Hall–Kier alpha value is -3.16. The Kier molecular flexibility index (Phi) is 6.11. The minimum absolute atomic E-state index is 0.0504. The smallest absolute Gasteiger partial charge is 0.234 e. The molecule has 0 atom stereocenters. The molecule has 1 aromatic heterocycles. The molecule has 0 saturated heterocycles. The fraction of sp³-hybridized carbons (Fsp3) is 0.0455. The fourth-order valence-corrected chi connectivity index (χ4v) is 3.81. The summed E-state index contributed by atoms with van der Waals surface area (Å²) in [7, 11) is 0. The second-order valence-electron chi connectivity index (χ2n) is 6.30. The van der Waals surface area contributed by atoms with Gasteiger partial charge in [-0.1, -0.05) is 65.8 Å². The summed E-state index contributed by atoms with van der Waals surface area (Å²) in [5, 5.41) is 12.3. The monoisotopic (exact) mass is 438 g/mol. The number of rotatable bonds is 6. The van der Waals surface area contributed by atoms with E-state index in [1.807, 2.05) is 53.1 Å². The molecule has 0 radical (unpaired) electrons. The average molecular weight is 439 g/mol. The molecule has 0 fully saturated rings. The molecule has 0 spiro atoms. The number of carbonyl (C=O) groups excluding carboxylic acids is 1. The van der Waals surface area contributed by atoms with Crippen LogP contribution in [-0.2, 0) is 4.79 Å². The van der Waals surface area contributed by atoms with Crippen LogP contribution in [0.5, 0.6) is 0 Å². The number of hydrogen-bond donors (Lipinski definition) is 1. The number of benzene rings is 3. The summed E-state index contributed by atoms with van der Waals surface area (Å²) in [5.74, 6) is -0.154. The van der Waals surface area contributed by atoms with E-state index in [4.69, 9.17) is 11.6 Å². The highest BCUT2D eigenvalue weighted by Crippen LogP contribution is 2.29. The van der Waals surface area contributed by atoms with Crippen LogP contribution in [0.1, 0.15) is 0 Å². The molecule has 1 N–H and O–H groups in total. The lowest BCUT2D eigenvalue weighted by Gasteiger charge is -2.11. The molecule has 4 aromatic rings. The molecule has 4 rings (SSSR count). The van der Waals surface area contributed by atoms with Crippen molar-refractivity contribution in [3.8, 4) is 17.1 Å². The van der Waals surface area contributed by atoms with Gasteiger partial charge < -0.3 is 5.32 Å². The van der Waals surface area contributed by atoms with E-state index in [1.165, 1.54) is 23.9 Å². The molecule has 0 unspecified atom stereocenters. The van der Waals surface area contributed by atoms with E-state index in [-0.39, 0.29) is 17.3 Å². The Morgan fingerprint density at radius 1 is 1.00 bits per heavy atom. The molecule has 0 aliphatic rings. The lowest BCUT2D eigenvalue weighted by atomic mass is 10.2. The van der Waals surface area contributed by atoms with Crippen molar-refractivity contribution in [3.05, 3.63) is 89.7 Å². The number of nitrogens with one attached hydrogen (secondary N) is 1. The Bertz CT molecular complexity index is 1180. The lowest BCUT2D eigenvalue weighted by Crippen LogP contribution is -2.15. The number of hydrogen-bond acceptors (Lipinski definition) is 4. The predicted molar refractivity (Wildman–Crippen MR) is 118 cm³/mol. The van der Waals surface area contributed by atoms with E-state index in [2.05, 4.69) is 15.5 Å². The molecular weight excluding hydrogens is 423 g/mol. The zero-order valence-electron chi connectivity index (χ0n) is 15.6. The Morgan fingerprint density at radius 2 is 1.77 bits per heavy atom. The molecule has 5 nitrogen and oxygen atoms in total. The van der Waals surface area contributed by atoms with Gasteiger partial charge in [0.15, 0.2) is 11.0 Å². The summed E-state index contributed by atoms with van der Waals surface area (Å²) >= 11 is 7.36. The van der Waals surface area contributed by atoms with E-state index in [9.17, 15) is 9.18 Å². The van der Waals surface area contributed by atoms with Crippen molar-refractivity contribution in [2.24, 2.45) is 0 Å². The fourth-order valence-electron chi connectivity index (χ4n) is 2.87. The zero-order chi connectivity index (χ0) is 20.9. The molecule has 8 heteroatoms. The third-order valence-electron chi connectivity index (χ3n) is 4.21. The molecule has 150 valence electrons. The van der Waals surface area contributed by atoms with E-state index in [0.717, 1.165) is 11.3 Å².